The van der Waals surface area contributed by atoms with E-state index in [9.17, 15) is 18.0 Å². The Labute approximate surface area is 131 Å². The van der Waals surface area contributed by atoms with Gasteiger partial charge in [-0.3, -0.25) is 4.79 Å². The summed E-state index contributed by atoms with van der Waals surface area (Å²) in [5.74, 6) is 0.237. The molecular weight excluding hydrogens is 309 g/mol. The summed E-state index contributed by atoms with van der Waals surface area (Å²) < 4.78 is 43.7. The lowest BCUT2D eigenvalue weighted by Crippen LogP contribution is -2.30. The van der Waals surface area contributed by atoms with E-state index in [4.69, 9.17) is 4.42 Å². The second-order valence-electron chi connectivity index (χ2n) is 5.16. The van der Waals surface area contributed by atoms with E-state index < -0.39 is 17.6 Å². The Morgan fingerprint density at radius 1 is 1.22 bits per heavy atom. The molecule has 0 saturated carbocycles. The smallest absolute Gasteiger partial charge is 0.418 e. The van der Waals surface area contributed by atoms with Gasteiger partial charge in [-0.2, -0.15) is 13.2 Å². The predicted molar refractivity (Wildman–Crippen MR) is 79.7 cm³/mol. The van der Waals surface area contributed by atoms with Crippen molar-refractivity contribution in [2.24, 2.45) is 0 Å². The Kier molecular flexibility index (Phi) is 5.44. The van der Waals surface area contributed by atoms with E-state index in [0.717, 1.165) is 11.8 Å². The number of nitrogens with one attached hydrogen (secondary N) is 2. The van der Waals surface area contributed by atoms with Crippen molar-refractivity contribution in [1.82, 2.24) is 5.32 Å². The van der Waals surface area contributed by atoms with Crippen LogP contribution in [-0.2, 0) is 17.5 Å². The van der Waals surface area contributed by atoms with E-state index in [1.54, 1.807) is 25.3 Å². The second kappa shape index (κ2) is 7.32. The number of halogens is 3. The van der Waals surface area contributed by atoms with Crippen molar-refractivity contribution in [2.75, 3.05) is 5.32 Å². The lowest BCUT2D eigenvalue weighted by Gasteiger charge is -2.16. The Hall–Kier alpha value is -2.28. The zero-order chi connectivity index (χ0) is 16.9. The van der Waals surface area contributed by atoms with Gasteiger partial charge in [0.1, 0.15) is 5.76 Å². The van der Waals surface area contributed by atoms with Crippen LogP contribution in [0.25, 0.3) is 0 Å². The summed E-state index contributed by atoms with van der Waals surface area (Å²) in [7, 11) is 0. The molecule has 0 aliphatic carbocycles. The number of hydrogen-bond acceptors (Lipinski definition) is 3. The lowest BCUT2D eigenvalue weighted by molar-refractivity contribution is -0.137. The molecule has 1 aromatic heterocycles. The van der Waals surface area contributed by atoms with Crippen LogP contribution in [0.15, 0.2) is 47.1 Å². The highest BCUT2D eigenvalue weighted by Crippen LogP contribution is 2.34. The fraction of sp³-hybridized carbons (Fsp3) is 0.312. The fourth-order valence-electron chi connectivity index (χ4n) is 2.08. The first-order chi connectivity index (χ1) is 10.9. The van der Waals surface area contributed by atoms with Crippen LogP contribution in [0.4, 0.5) is 18.9 Å². The third-order valence-corrected chi connectivity index (χ3v) is 3.20. The summed E-state index contributed by atoms with van der Waals surface area (Å²) in [4.78, 5) is 11.9. The maximum atomic E-state index is 12.9. The molecule has 0 aliphatic rings. The molecule has 1 aromatic carbocycles. The van der Waals surface area contributed by atoms with Gasteiger partial charge in [0, 0.05) is 12.5 Å². The first-order valence-corrected chi connectivity index (χ1v) is 7.08. The highest BCUT2D eigenvalue weighted by molar-refractivity contribution is 5.92. The van der Waals surface area contributed by atoms with Crippen molar-refractivity contribution in [3.8, 4) is 0 Å². The first-order valence-electron chi connectivity index (χ1n) is 7.08. The number of rotatable bonds is 6. The molecule has 0 spiro atoms. The number of carbonyl (C=O) groups excluding carboxylic acids is 1. The zero-order valence-electron chi connectivity index (χ0n) is 12.5. The minimum Gasteiger partial charge on any atom is -0.468 e. The molecule has 0 saturated heterocycles. The molecule has 2 rings (SSSR count). The van der Waals surface area contributed by atoms with Crippen molar-refractivity contribution < 1.29 is 22.4 Å². The minimum absolute atomic E-state index is 0.0485. The third kappa shape index (κ3) is 5.14. The molecule has 0 radical (unpaired) electrons. The van der Waals surface area contributed by atoms with Gasteiger partial charge in [-0.05, 0) is 31.2 Å². The molecule has 1 atom stereocenters. The molecule has 124 valence electrons. The summed E-state index contributed by atoms with van der Waals surface area (Å²) in [5, 5.41) is 5.39. The van der Waals surface area contributed by atoms with Crippen LogP contribution in [0.3, 0.4) is 0 Å². The van der Waals surface area contributed by atoms with Gasteiger partial charge in [-0.1, -0.05) is 12.1 Å². The van der Waals surface area contributed by atoms with Crippen LogP contribution in [0.1, 0.15) is 24.7 Å². The van der Waals surface area contributed by atoms with Crippen molar-refractivity contribution in [3.05, 3.63) is 54.0 Å². The Morgan fingerprint density at radius 3 is 2.61 bits per heavy atom. The number of amides is 1. The lowest BCUT2D eigenvalue weighted by atomic mass is 10.1. The van der Waals surface area contributed by atoms with Crippen LogP contribution in [-0.4, -0.2) is 11.9 Å². The number of carbonyl (C=O) groups is 1. The van der Waals surface area contributed by atoms with Gasteiger partial charge in [-0.15, -0.1) is 0 Å². The Morgan fingerprint density at radius 2 is 1.96 bits per heavy atom. The van der Waals surface area contributed by atoms with Gasteiger partial charge in [0.05, 0.1) is 24.1 Å². The van der Waals surface area contributed by atoms with Crippen LogP contribution in [0, 0.1) is 0 Å². The zero-order valence-corrected chi connectivity index (χ0v) is 12.5. The monoisotopic (exact) mass is 326 g/mol. The Bertz CT molecular complexity index is 639. The summed E-state index contributed by atoms with van der Waals surface area (Å²) in [6.07, 6.45) is -2.91. The van der Waals surface area contributed by atoms with Crippen LogP contribution < -0.4 is 10.6 Å². The molecule has 2 N–H and O–H groups in total. The number of para-hydroxylation sites is 1. The Balaban J connectivity index is 1.89. The predicted octanol–water partition coefficient (Wildman–Crippen LogP) is 3.81. The van der Waals surface area contributed by atoms with E-state index >= 15 is 0 Å². The molecule has 4 nitrogen and oxygen atoms in total. The maximum absolute atomic E-state index is 12.9. The molecule has 0 bridgehead atoms. The summed E-state index contributed by atoms with van der Waals surface area (Å²) in [5.41, 5.74) is -1.09. The molecule has 2 aromatic rings. The van der Waals surface area contributed by atoms with Crippen LogP contribution in [0.5, 0.6) is 0 Å². The van der Waals surface area contributed by atoms with Gasteiger partial charge in [0.2, 0.25) is 5.91 Å². The van der Waals surface area contributed by atoms with Crippen molar-refractivity contribution in [1.29, 1.82) is 0 Å². The van der Waals surface area contributed by atoms with Gasteiger partial charge in [0.25, 0.3) is 0 Å². The number of benzene rings is 1. The molecule has 1 amide bonds. The molecular formula is C16H17F3N2O2. The molecule has 7 heteroatoms. The maximum Gasteiger partial charge on any atom is 0.418 e. The SMILES string of the molecule is CC(CC(=O)Nc1ccccc1C(F)(F)F)NCc1ccco1. The minimum atomic E-state index is -4.51. The molecule has 1 heterocycles. The third-order valence-electron chi connectivity index (χ3n) is 3.20. The van der Waals surface area contributed by atoms with Crippen molar-refractivity contribution in [3.63, 3.8) is 0 Å². The van der Waals surface area contributed by atoms with Crippen LogP contribution >= 0.6 is 0 Å². The fourth-order valence-corrected chi connectivity index (χ4v) is 2.08. The van der Waals surface area contributed by atoms with E-state index in [1.807, 2.05) is 0 Å². The first kappa shape index (κ1) is 17.1. The quantitative estimate of drug-likeness (QED) is 0.849. The molecule has 23 heavy (non-hydrogen) atoms. The summed E-state index contributed by atoms with van der Waals surface area (Å²) in [6.45, 7) is 2.22. The van der Waals surface area contributed by atoms with Crippen molar-refractivity contribution >= 4 is 11.6 Å². The standard InChI is InChI=1S/C16H17F3N2O2/c1-11(20-10-12-5-4-8-23-12)9-15(22)21-14-7-3-2-6-13(14)16(17,18)19/h2-8,11,20H,9-10H2,1H3,(H,21,22). The largest absolute Gasteiger partial charge is 0.468 e. The van der Waals surface area contributed by atoms with Gasteiger partial charge in [0.15, 0.2) is 0 Å². The average molecular weight is 326 g/mol. The van der Waals surface area contributed by atoms with Crippen LogP contribution in [0.2, 0.25) is 0 Å². The highest BCUT2D eigenvalue weighted by Gasteiger charge is 2.33. The van der Waals surface area contributed by atoms with Gasteiger partial charge in [-0.25, -0.2) is 0 Å². The van der Waals surface area contributed by atoms with E-state index in [2.05, 4.69) is 10.6 Å². The van der Waals surface area contributed by atoms with Crippen molar-refractivity contribution in [2.45, 2.75) is 32.1 Å². The van der Waals surface area contributed by atoms with E-state index in [0.29, 0.717) is 6.54 Å². The molecule has 0 aliphatic heterocycles. The number of anilines is 1. The van der Waals surface area contributed by atoms with E-state index in [1.165, 1.54) is 18.2 Å². The number of alkyl halides is 3. The highest BCUT2D eigenvalue weighted by atomic mass is 19.4. The average Bonchev–Trinajstić information content (AvgIpc) is 2.97. The number of hydrogen-bond donors (Lipinski definition) is 2. The summed E-state index contributed by atoms with van der Waals surface area (Å²) in [6, 6.07) is 8.24. The van der Waals surface area contributed by atoms with Gasteiger partial charge < -0.3 is 15.1 Å². The topological polar surface area (TPSA) is 54.3 Å². The molecule has 1 unspecified atom stereocenters. The van der Waals surface area contributed by atoms with Gasteiger partial charge >= 0.3 is 6.18 Å². The van der Waals surface area contributed by atoms with E-state index in [-0.39, 0.29) is 18.2 Å². The second-order valence-corrected chi connectivity index (χ2v) is 5.16. The normalized spacial score (nSPS) is 12.9. The molecule has 0 fully saturated rings. The summed E-state index contributed by atoms with van der Waals surface area (Å²) >= 11 is 0. The number of furan rings is 1.